The number of halogens is 1. The quantitative estimate of drug-likeness (QED) is 0.566. The van der Waals surface area contributed by atoms with E-state index in [-0.39, 0.29) is 5.50 Å². The Morgan fingerprint density at radius 1 is 0.952 bits per heavy atom. The number of rotatable bonds is 1. The molecule has 0 aliphatic carbocycles. The zero-order valence-corrected chi connectivity index (χ0v) is 12.5. The highest BCUT2D eigenvalue weighted by molar-refractivity contribution is 6.25. The second-order valence-corrected chi connectivity index (χ2v) is 5.75. The summed E-state index contributed by atoms with van der Waals surface area (Å²) in [6.45, 7) is 0. The summed E-state index contributed by atoms with van der Waals surface area (Å²) < 4.78 is 0. The number of hydrogen-bond acceptors (Lipinski definition) is 2. The van der Waals surface area contributed by atoms with Crippen molar-refractivity contribution in [3.63, 3.8) is 0 Å². The molecule has 4 rings (SSSR count). The fraction of sp³-hybridized carbons (Fsp3) is 0.111. The van der Waals surface area contributed by atoms with Gasteiger partial charge in [0.15, 0.2) is 0 Å². The van der Waals surface area contributed by atoms with Gasteiger partial charge in [0.25, 0.3) is 0 Å². The van der Waals surface area contributed by atoms with Crippen molar-refractivity contribution in [3.05, 3.63) is 78.1 Å². The topological polar surface area (TPSA) is 6.48 Å². The zero-order chi connectivity index (χ0) is 14.4. The highest BCUT2D eigenvalue weighted by Gasteiger charge is 2.33. The molecule has 104 valence electrons. The van der Waals surface area contributed by atoms with Crippen molar-refractivity contribution in [3.8, 4) is 0 Å². The summed E-state index contributed by atoms with van der Waals surface area (Å²) in [5, 5.41) is 0. The molecule has 0 saturated heterocycles. The molecule has 2 aliphatic heterocycles. The van der Waals surface area contributed by atoms with E-state index < -0.39 is 0 Å². The minimum absolute atomic E-state index is 0.159. The summed E-state index contributed by atoms with van der Waals surface area (Å²) in [5.74, 6) is 0. The highest BCUT2D eigenvalue weighted by atomic mass is 35.5. The standard InChI is InChI=1S/C18H15ClN2/c1-20-12-17-15(14-9-5-6-10-16(14)20)11-18(19)21(17)13-7-3-2-4-8-13/h2-12,18H,1H3. The Labute approximate surface area is 129 Å². The predicted molar refractivity (Wildman–Crippen MR) is 89.5 cm³/mol. The molecule has 2 aromatic carbocycles. The van der Waals surface area contributed by atoms with E-state index >= 15 is 0 Å². The third-order valence-electron chi connectivity index (χ3n) is 4.01. The lowest BCUT2D eigenvalue weighted by atomic mass is 9.98. The van der Waals surface area contributed by atoms with Gasteiger partial charge in [0.1, 0.15) is 5.50 Å². The normalized spacial score (nSPS) is 19.8. The Morgan fingerprint density at radius 2 is 1.67 bits per heavy atom. The van der Waals surface area contributed by atoms with Crippen LogP contribution in [0.2, 0.25) is 0 Å². The van der Waals surface area contributed by atoms with Gasteiger partial charge in [-0.1, -0.05) is 48.0 Å². The van der Waals surface area contributed by atoms with Gasteiger partial charge in [0.2, 0.25) is 0 Å². The molecule has 0 fully saturated rings. The van der Waals surface area contributed by atoms with Gasteiger partial charge < -0.3 is 9.80 Å². The second-order valence-electron chi connectivity index (χ2n) is 5.30. The van der Waals surface area contributed by atoms with Crippen molar-refractivity contribution in [2.45, 2.75) is 5.50 Å². The van der Waals surface area contributed by atoms with E-state index in [1.165, 1.54) is 16.8 Å². The number of para-hydroxylation sites is 2. The number of hydrogen-bond donors (Lipinski definition) is 0. The number of fused-ring (bicyclic) bond motifs is 3. The summed E-state index contributed by atoms with van der Waals surface area (Å²) >= 11 is 6.59. The molecule has 3 heteroatoms. The average molecular weight is 295 g/mol. The number of anilines is 2. The minimum Gasteiger partial charge on any atom is -0.348 e. The van der Waals surface area contributed by atoms with Crippen LogP contribution in [0.25, 0.3) is 5.57 Å². The molecule has 0 N–H and O–H groups in total. The Balaban J connectivity index is 1.86. The van der Waals surface area contributed by atoms with Crippen molar-refractivity contribution in [1.82, 2.24) is 0 Å². The van der Waals surface area contributed by atoms with Gasteiger partial charge in [-0.15, -0.1) is 0 Å². The first kappa shape index (κ1) is 12.5. The number of benzene rings is 2. The van der Waals surface area contributed by atoms with Crippen molar-refractivity contribution >= 4 is 28.5 Å². The van der Waals surface area contributed by atoms with Gasteiger partial charge in [0.05, 0.1) is 5.70 Å². The molecule has 2 nitrogen and oxygen atoms in total. The lowest BCUT2D eigenvalue weighted by molar-refractivity contribution is 1.00. The Kier molecular flexibility index (Phi) is 2.79. The Bertz CT molecular complexity index is 749. The molecule has 0 bridgehead atoms. The fourth-order valence-electron chi connectivity index (χ4n) is 3.05. The van der Waals surface area contributed by atoms with E-state index in [0.717, 1.165) is 11.4 Å². The van der Waals surface area contributed by atoms with Crippen LogP contribution in [0.5, 0.6) is 0 Å². The molecule has 1 unspecified atom stereocenters. The molecule has 2 heterocycles. The van der Waals surface area contributed by atoms with Gasteiger partial charge in [0, 0.05) is 35.8 Å². The molecule has 2 aromatic rings. The van der Waals surface area contributed by atoms with E-state index in [9.17, 15) is 0 Å². The highest BCUT2D eigenvalue weighted by Crippen LogP contribution is 2.45. The van der Waals surface area contributed by atoms with Crippen molar-refractivity contribution < 1.29 is 0 Å². The van der Waals surface area contributed by atoms with Crippen molar-refractivity contribution in [1.29, 1.82) is 0 Å². The van der Waals surface area contributed by atoms with Crippen LogP contribution in [-0.4, -0.2) is 12.5 Å². The summed E-state index contributed by atoms with van der Waals surface area (Å²) in [6.07, 6.45) is 4.29. The van der Waals surface area contributed by atoms with Crippen molar-refractivity contribution in [2.75, 3.05) is 16.8 Å². The molecule has 1 atom stereocenters. The first-order valence-corrected chi connectivity index (χ1v) is 7.44. The van der Waals surface area contributed by atoms with Crippen LogP contribution in [0.1, 0.15) is 5.56 Å². The average Bonchev–Trinajstić information content (AvgIpc) is 2.85. The first-order chi connectivity index (χ1) is 10.3. The van der Waals surface area contributed by atoms with Crippen molar-refractivity contribution in [2.24, 2.45) is 0 Å². The third kappa shape index (κ3) is 1.87. The Hall–Kier alpha value is -2.19. The van der Waals surface area contributed by atoms with E-state index in [2.05, 4.69) is 65.5 Å². The first-order valence-electron chi connectivity index (χ1n) is 7.00. The summed E-state index contributed by atoms with van der Waals surface area (Å²) in [5.41, 5.74) is 5.78. The van der Waals surface area contributed by atoms with E-state index in [1.807, 2.05) is 18.2 Å². The molecule has 2 aliphatic rings. The maximum atomic E-state index is 6.59. The molecule has 0 radical (unpaired) electrons. The van der Waals surface area contributed by atoms with Gasteiger partial charge in [-0.05, 0) is 24.3 Å². The summed E-state index contributed by atoms with van der Waals surface area (Å²) in [7, 11) is 2.08. The molecule has 0 aromatic heterocycles. The summed E-state index contributed by atoms with van der Waals surface area (Å²) in [4.78, 5) is 4.33. The number of nitrogens with zero attached hydrogens (tertiary/aromatic N) is 2. The maximum absolute atomic E-state index is 6.59. The van der Waals surface area contributed by atoms with Gasteiger partial charge in [-0.3, -0.25) is 0 Å². The second kappa shape index (κ2) is 4.68. The monoisotopic (exact) mass is 294 g/mol. The molecule has 21 heavy (non-hydrogen) atoms. The molecule has 0 spiro atoms. The number of allylic oxidation sites excluding steroid dienone is 1. The molecule has 0 amide bonds. The maximum Gasteiger partial charge on any atom is 0.128 e. The third-order valence-corrected chi connectivity index (χ3v) is 4.33. The van der Waals surface area contributed by atoms with Crippen LogP contribution < -0.4 is 9.80 Å². The van der Waals surface area contributed by atoms with E-state index in [4.69, 9.17) is 11.6 Å². The molecular weight excluding hydrogens is 280 g/mol. The van der Waals surface area contributed by atoms with Gasteiger partial charge in [-0.25, -0.2) is 0 Å². The van der Waals surface area contributed by atoms with Gasteiger partial charge >= 0.3 is 0 Å². The Morgan fingerprint density at radius 3 is 2.48 bits per heavy atom. The SMILES string of the molecule is CN1C=C2C(=CC(Cl)N2c2ccccc2)c2ccccc21. The van der Waals surface area contributed by atoms with Crippen LogP contribution in [0.3, 0.4) is 0 Å². The minimum atomic E-state index is -0.159. The van der Waals surface area contributed by atoms with Crippen LogP contribution in [0.15, 0.2) is 72.6 Å². The molecule has 0 saturated carbocycles. The lowest BCUT2D eigenvalue weighted by Crippen LogP contribution is -2.27. The predicted octanol–water partition coefficient (Wildman–Crippen LogP) is 4.45. The number of alkyl halides is 1. The largest absolute Gasteiger partial charge is 0.348 e. The van der Waals surface area contributed by atoms with Gasteiger partial charge in [-0.2, -0.15) is 0 Å². The fourth-order valence-corrected chi connectivity index (χ4v) is 3.40. The zero-order valence-electron chi connectivity index (χ0n) is 11.7. The van der Waals surface area contributed by atoms with Crippen LogP contribution >= 0.6 is 11.6 Å². The summed E-state index contributed by atoms with van der Waals surface area (Å²) in [6, 6.07) is 18.7. The van der Waals surface area contributed by atoms with E-state index in [0.29, 0.717) is 0 Å². The van der Waals surface area contributed by atoms with E-state index in [1.54, 1.807) is 0 Å². The molecular formula is C18H15ClN2. The smallest absolute Gasteiger partial charge is 0.128 e. The van der Waals surface area contributed by atoms with Crippen LogP contribution in [0, 0.1) is 0 Å². The lowest BCUT2D eigenvalue weighted by Gasteiger charge is -2.31. The van der Waals surface area contributed by atoms with Crippen LogP contribution in [-0.2, 0) is 0 Å². The van der Waals surface area contributed by atoms with Crippen LogP contribution in [0.4, 0.5) is 11.4 Å².